The van der Waals surface area contributed by atoms with E-state index in [4.69, 9.17) is 16.7 Å². The molecule has 5 heteroatoms. The quantitative estimate of drug-likeness (QED) is 0.901. The van der Waals surface area contributed by atoms with E-state index in [0.29, 0.717) is 18.0 Å². The number of aliphatic carboxylic acids is 1. The second-order valence-corrected chi connectivity index (χ2v) is 5.70. The van der Waals surface area contributed by atoms with Crippen LogP contribution < -0.4 is 0 Å². The number of carboxylic acids is 1. The maximum atomic E-state index is 13.3. The Hall–Kier alpha value is -1.13. The highest BCUT2D eigenvalue weighted by molar-refractivity contribution is 6.31. The van der Waals surface area contributed by atoms with E-state index in [2.05, 4.69) is 4.90 Å². The second-order valence-electron chi connectivity index (χ2n) is 5.29. The molecule has 3 nitrogen and oxygen atoms in total. The Morgan fingerprint density at radius 2 is 2.25 bits per heavy atom. The first-order valence-electron chi connectivity index (χ1n) is 6.96. The molecule has 1 heterocycles. The zero-order valence-electron chi connectivity index (χ0n) is 11.3. The molecule has 1 unspecified atom stereocenters. The monoisotopic (exact) mass is 299 g/mol. The van der Waals surface area contributed by atoms with E-state index >= 15 is 0 Å². The summed E-state index contributed by atoms with van der Waals surface area (Å²) in [6, 6.07) is 4.64. The number of hydrogen-bond acceptors (Lipinski definition) is 2. The van der Waals surface area contributed by atoms with E-state index < -0.39 is 5.97 Å². The molecule has 1 saturated heterocycles. The summed E-state index contributed by atoms with van der Waals surface area (Å²) in [7, 11) is 0. The minimum atomic E-state index is -0.765. The summed E-state index contributed by atoms with van der Waals surface area (Å²) < 4.78 is 13.3. The van der Waals surface area contributed by atoms with Gasteiger partial charge in [-0.3, -0.25) is 9.69 Å². The van der Waals surface area contributed by atoms with Crippen LogP contribution in [0.3, 0.4) is 0 Å². The summed E-state index contributed by atoms with van der Waals surface area (Å²) in [4.78, 5) is 12.9. The lowest BCUT2D eigenvalue weighted by Crippen LogP contribution is -2.39. The van der Waals surface area contributed by atoms with Gasteiger partial charge in [0, 0.05) is 24.0 Å². The van der Waals surface area contributed by atoms with Gasteiger partial charge in [-0.05, 0) is 49.6 Å². The average molecular weight is 300 g/mol. The molecule has 0 aliphatic carbocycles. The predicted molar refractivity (Wildman–Crippen MR) is 76.3 cm³/mol. The fourth-order valence-corrected chi connectivity index (χ4v) is 2.95. The number of rotatable bonds is 5. The molecule has 0 aromatic heterocycles. The first kappa shape index (κ1) is 15.3. The van der Waals surface area contributed by atoms with Crippen molar-refractivity contribution < 1.29 is 14.3 Å². The van der Waals surface area contributed by atoms with Crippen LogP contribution in [0, 0.1) is 5.82 Å². The second kappa shape index (κ2) is 7.04. The molecule has 1 atom stereocenters. The van der Waals surface area contributed by atoms with E-state index in [1.54, 1.807) is 6.07 Å². The van der Waals surface area contributed by atoms with Crippen molar-refractivity contribution in [1.82, 2.24) is 4.90 Å². The van der Waals surface area contributed by atoms with Crippen LogP contribution in [0.4, 0.5) is 4.39 Å². The van der Waals surface area contributed by atoms with E-state index in [1.807, 2.05) is 0 Å². The lowest BCUT2D eigenvalue weighted by atomic mass is 9.97. The van der Waals surface area contributed by atoms with Crippen LogP contribution in [0.1, 0.15) is 37.7 Å². The van der Waals surface area contributed by atoms with Gasteiger partial charge in [0.1, 0.15) is 5.82 Å². The summed E-state index contributed by atoms with van der Waals surface area (Å²) in [6.07, 6.45) is 4.04. The third-order valence-electron chi connectivity index (χ3n) is 3.82. The molecule has 1 aliphatic heterocycles. The topological polar surface area (TPSA) is 40.5 Å². The van der Waals surface area contributed by atoms with E-state index in [1.165, 1.54) is 12.1 Å². The summed E-state index contributed by atoms with van der Waals surface area (Å²) >= 11 is 6.10. The normalized spacial score (nSPS) is 20.0. The van der Waals surface area contributed by atoms with Gasteiger partial charge < -0.3 is 5.11 Å². The molecule has 0 amide bonds. The van der Waals surface area contributed by atoms with Crippen LogP contribution in [0.5, 0.6) is 0 Å². The summed E-state index contributed by atoms with van der Waals surface area (Å²) in [5, 5.41) is 9.38. The van der Waals surface area contributed by atoms with Crippen LogP contribution in [0.15, 0.2) is 18.2 Å². The SMILES string of the molecule is O=C(O)CCC1CCCCN1Cc1cc(F)ccc1Cl. The molecule has 0 radical (unpaired) electrons. The minimum absolute atomic E-state index is 0.179. The maximum absolute atomic E-state index is 13.3. The van der Waals surface area contributed by atoms with E-state index in [9.17, 15) is 9.18 Å². The summed E-state index contributed by atoms with van der Waals surface area (Å²) in [6.45, 7) is 1.50. The molecule has 1 aliphatic rings. The summed E-state index contributed by atoms with van der Waals surface area (Å²) in [5.41, 5.74) is 0.772. The number of nitrogens with zero attached hydrogens (tertiary/aromatic N) is 1. The van der Waals surface area contributed by atoms with Crippen molar-refractivity contribution >= 4 is 17.6 Å². The third kappa shape index (κ3) is 4.18. The number of hydrogen-bond donors (Lipinski definition) is 1. The molecular formula is C15H19ClFNO2. The van der Waals surface area contributed by atoms with Crippen LogP contribution >= 0.6 is 11.6 Å². The number of likely N-dealkylation sites (tertiary alicyclic amines) is 1. The Bertz CT molecular complexity index is 481. The van der Waals surface area contributed by atoms with Gasteiger partial charge in [0.25, 0.3) is 0 Å². The van der Waals surface area contributed by atoms with Crippen molar-refractivity contribution in [3.8, 4) is 0 Å². The standard InChI is InChI=1S/C15H19ClFNO2/c16-14-6-4-12(17)9-11(14)10-18-8-2-1-3-13(18)5-7-15(19)20/h4,6,9,13H,1-3,5,7-8,10H2,(H,19,20). The van der Waals surface area contributed by atoms with Gasteiger partial charge in [-0.1, -0.05) is 18.0 Å². The third-order valence-corrected chi connectivity index (χ3v) is 4.19. The lowest BCUT2D eigenvalue weighted by Gasteiger charge is -2.35. The highest BCUT2D eigenvalue weighted by Gasteiger charge is 2.23. The molecule has 0 saturated carbocycles. The molecule has 20 heavy (non-hydrogen) atoms. The highest BCUT2D eigenvalue weighted by atomic mass is 35.5. The molecule has 1 N–H and O–H groups in total. The first-order chi connectivity index (χ1) is 9.56. The van der Waals surface area contributed by atoms with Crippen molar-refractivity contribution in [2.45, 2.75) is 44.7 Å². The Kier molecular flexibility index (Phi) is 5.38. The first-order valence-corrected chi connectivity index (χ1v) is 7.34. The molecule has 1 aromatic rings. The maximum Gasteiger partial charge on any atom is 0.303 e. The zero-order valence-corrected chi connectivity index (χ0v) is 12.1. The number of benzene rings is 1. The molecule has 1 aromatic carbocycles. The van der Waals surface area contributed by atoms with Crippen LogP contribution in [0.2, 0.25) is 5.02 Å². The van der Waals surface area contributed by atoms with Crippen LogP contribution in [-0.4, -0.2) is 28.6 Å². The van der Waals surface area contributed by atoms with Gasteiger partial charge in [-0.2, -0.15) is 0 Å². The largest absolute Gasteiger partial charge is 0.481 e. The Labute approximate surface area is 123 Å². The van der Waals surface area contributed by atoms with Crippen molar-refractivity contribution in [1.29, 1.82) is 0 Å². The Morgan fingerprint density at radius 3 is 3.00 bits per heavy atom. The minimum Gasteiger partial charge on any atom is -0.481 e. The van der Waals surface area contributed by atoms with Gasteiger partial charge in [0.2, 0.25) is 0 Å². The van der Waals surface area contributed by atoms with Crippen LogP contribution in [-0.2, 0) is 11.3 Å². The van der Waals surface area contributed by atoms with Crippen molar-refractivity contribution in [2.24, 2.45) is 0 Å². The fraction of sp³-hybridized carbons (Fsp3) is 0.533. The van der Waals surface area contributed by atoms with Crippen molar-refractivity contribution in [3.63, 3.8) is 0 Å². The molecule has 110 valence electrons. The summed E-state index contributed by atoms with van der Waals surface area (Å²) in [5.74, 6) is -1.05. The van der Waals surface area contributed by atoms with Gasteiger partial charge >= 0.3 is 5.97 Å². The lowest BCUT2D eigenvalue weighted by molar-refractivity contribution is -0.137. The Morgan fingerprint density at radius 1 is 1.45 bits per heavy atom. The average Bonchev–Trinajstić information content (AvgIpc) is 2.42. The number of carboxylic acid groups (broad SMARTS) is 1. The van der Waals surface area contributed by atoms with E-state index in [0.717, 1.165) is 31.4 Å². The molecule has 1 fully saturated rings. The molecular weight excluding hydrogens is 281 g/mol. The number of piperidine rings is 1. The van der Waals surface area contributed by atoms with Crippen molar-refractivity contribution in [2.75, 3.05) is 6.54 Å². The van der Waals surface area contributed by atoms with Gasteiger partial charge in [0.05, 0.1) is 0 Å². The number of carbonyl (C=O) groups is 1. The van der Waals surface area contributed by atoms with Crippen molar-refractivity contribution in [3.05, 3.63) is 34.6 Å². The van der Waals surface area contributed by atoms with Gasteiger partial charge in [-0.15, -0.1) is 0 Å². The zero-order chi connectivity index (χ0) is 14.5. The predicted octanol–water partition coefficient (Wildman–Crippen LogP) is 3.70. The molecule has 0 bridgehead atoms. The Balaban J connectivity index is 2.04. The number of halogens is 2. The van der Waals surface area contributed by atoms with Crippen LogP contribution in [0.25, 0.3) is 0 Å². The fourth-order valence-electron chi connectivity index (χ4n) is 2.77. The van der Waals surface area contributed by atoms with E-state index in [-0.39, 0.29) is 18.3 Å². The molecule has 2 rings (SSSR count). The molecule has 0 spiro atoms. The van der Waals surface area contributed by atoms with Gasteiger partial charge in [0.15, 0.2) is 0 Å². The highest BCUT2D eigenvalue weighted by Crippen LogP contribution is 2.26. The van der Waals surface area contributed by atoms with Gasteiger partial charge in [-0.25, -0.2) is 4.39 Å². The smallest absolute Gasteiger partial charge is 0.303 e.